The van der Waals surface area contributed by atoms with Gasteiger partial charge in [0.15, 0.2) is 0 Å². The summed E-state index contributed by atoms with van der Waals surface area (Å²) >= 11 is 6.02. The number of hydrogen-bond acceptors (Lipinski definition) is 2. The number of ether oxygens (including phenoxy) is 1. The first kappa shape index (κ1) is 21.7. The number of carboxylic acid groups (broad SMARTS) is 1. The molecule has 0 radical (unpaired) electrons. The highest BCUT2D eigenvalue weighted by atomic mass is 35.5. The lowest BCUT2D eigenvalue weighted by molar-refractivity contribution is -0.145. The normalized spacial score (nSPS) is 13.3. The van der Waals surface area contributed by atoms with Gasteiger partial charge >= 0.3 is 5.97 Å². The lowest BCUT2D eigenvalue weighted by Crippen LogP contribution is -2.43. The molecule has 0 bridgehead atoms. The monoisotopic (exact) mass is 420 g/mol. The molecule has 0 amide bonds. The van der Waals surface area contributed by atoms with Crippen molar-refractivity contribution in [3.05, 3.63) is 107 Å². The van der Waals surface area contributed by atoms with Crippen LogP contribution in [-0.2, 0) is 16.6 Å². The Morgan fingerprint density at radius 2 is 1.63 bits per heavy atom. The van der Waals surface area contributed by atoms with E-state index in [4.69, 9.17) is 16.3 Å². The fraction of sp³-hybridized carbons (Fsp3) is 0.192. The highest BCUT2D eigenvalue weighted by Gasteiger charge is 2.43. The van der Waals surface area contributed by atoms with Gasteiger partial charge in [0.25, 0.3) is 0 Å². The Morgan fingerprint density at radius 1 is 1.00 bits per heavy atom. The van der Waals surface area contributed by atoms with Crippen LogP contribution in [0.3, 0.4) is 0 Å². The van der Waals surface area contributed by atoms with Crippen molar-refractivity contribution in [2.45, 2.75) is 25.7 Å². The summed E-state index contributed by atoms with van der Waals surface area (Å²) in [5, 5.41) is 10.8. The largest absolute Gasteiger partial charge is 0.481 e. The van der Waals surface area contributed by atoms with Crippen molar-refractivity contribution < 1.29 is 14.6 Å². The molecular weight excluding hydrogens is 396 g/mol. The summed E-state index contributed by atoms with van der Waals surface area (Å²) in [5.74, 6) is -0.161. The summed E-state index contributed by atoms with van der Waals surface area (Å²) in [4.78, 5) is 12.4. The van der Waals surface area contributed by atoms with Gasteiger partial charge in [-0.3, -0.25) is 4.79 Å². The number of carboxylic acids is 1. The zero-order chi connectivity index (χ0) is 21.6. The minimum atomic E-state index is -1.03. The van der Waals surface area contributed by atoms with Crippen molar-refractivity contribution >= 4 is 23.6 Å². The fourth-order valence-electron chi connectivity index (χ4n) is 3.59. The number of rotatable bonds is 8. The number of aliphatic carboxylic acids is 1. The molecule has 1 atom stereocenters. The Hall–Kier alpha value is -3.04. The van der Waals surface area contributed by atoms with Crippen molar-refractivity contribution in [1.82, 2.24) is 0 Å². The predicted octanol–water partition coefficient (Wildman–Crippen LogP) is 6.61. The molecule has 154 valence electrons. The Labute approximate surface area is 182 Å². The molecule has 4 heteroatoms. The van der Waals surface area contributed by atoms with E-state index >= 15 is 0 Å². The molecule has 3 aromatic rings. The minimum absolute atomic E-state index is 0.102. The van der Waals surface area contributed by atoms with Crippen LogP contribution >= 0.6 is 11.6 Å². The smallest absolute Gasteiger partial charge is 0.314 e. The molecular formula is C26H25ClO3. The van der Waals surface area contributed by atoms with E-state index in [1.807, 2.05) is 86.7 Å². The van der Waals surface area contributed by atoms with E-state index in [1.54, 1.807) is 18.4 Å². The third-order valence-electron chi connectivity index (χ3n) is 5.40. The molecule has 0 fully saturated rings. The second-order valence-corrected chi connectivity index (χ2v) is 8.03. The summed E-state index contributed by atoms with van der Waals surface area (Å²) < 4.78 is 5.58. The van der Waals surface area contributed by atoms with Gasteiger partial charge in [-0.2, -0.15) is 0 Å². The van der Waals surface area contributed by atoms with Crippen molar-refractivity contribution in [2.75, 3.05) is 0 Å². The molecule has 3 nitrogen and oxygen atoms in total. The Kier molecular flexibility index (Phi) is 6.96. The molecule has 0 spiro atoms. The molecule has 0 heterocycles. The molecule has 0 saturated carbocycles. The van der Waals surface area contributed by atoms with Gasteiger partial charge in [0.05, 0.1) is 11.7 Å². The zero-order valence-corrected chi connectivity index (χ0v) is 17.8. The molecule has 0 aliphatic rings. The van der Waals surface area contributed by atoms with Crippen LogP contribution in [0.15, 0.2) is 85.1 Å². The van der Waals surface area contributed by atoms with Gasteiger partial charge in [-0.05, 0) is 59.4 Å². The lowest BCUT2D eigenvalue weighted by Gasteiger charge is -2.34. The number of halogens is 1. The van der Waals surface area contributed by atoms with Crippen LogP contribution in [0.2, 0.25) is 5.02 Å². The Bertz CT molecular complexity index is 993. The highest BCUT2D eigenvalue weighted by molar-refractivity contribution is 6.30. The first-order chi connectivity index (χ1) is 14.4. The van der Waals surface area contributed by atoms with Crippen LogP contribution in [0, 0.1) is 5.92 Å². The maximum absolute atomic E-state index is 12.4. The molecule has 1 N–H and O–H groups in total. The molecule has 3 rings (SSSR count). The maximum Gasteiger partial charge on any atom is 0.314 e. The SMILES string of the molecule is CC(C)C(Cc1ccc(/C=C/Oc2ccccc2)cc1)(C(=O)O)c1ccc(Cl)cc1. The maximum atomic E-state index is 12.4. The molecule has 0 aromatic heterocycles. The van der Waals surface area contributed by atoms with Crippen molar-refractivity contribution in [3.8, 4) is 5.75 Å². The predicted molar refractivity (Wildman–Crippen MR) is 122 cm³/mol. The summed E-state index contributed by atoms with van der Waals surface area (Å²) in [6.45, 7) is 3.89. The van der Waals surface area contributed by atoms with Crippen LogP contribution < -0.4 is 4.74 Å². The average molecular weight is 421 g/mol. The number of benzene rings is 3. The van der Waals surface area contributed by atoms with Gasteiger partial charge in [0, 0.05) is 5.02 Å². The minimum Gasteiger partial charge on any atom is -0.481 e. The Morgan fingerprint density at radius 3 is 2.20 bits per heavy atom. The topological polar surface area (TPSA) is 46.5 Å². The average Bonchev–Trinajstić information content (AvgIpc) is 2.74. The van der Waals surface area contributed by atoms with Crippen LogP contribution in [0.4, 0.5) is 0 Å². The highest BCUT2D eigenvalue weighted by Crippen LogP contribution is 2.37. The summed E-state index contributed by atoms with van der Waals surface area (Å²) in [6, 6.07) is 24.6. The zero-order valence-electron chi connectivity index (χ0n) is 17.1. The molecule has 0 aliphatic heterocycles. The van der Waals surface area contributed by atoms with Gasteiger partial charge in [0.2, 0.25) is 0 Å². The van der Waals surface area contributed by atoms with Gasteiger partial charge in [-0.25, -0.2) is 0 Å². The van der Waals surface area contributed by atoms with E-state index in [-0.39, 0.29) is 5.92 Å². The molecule has 1 unspecified atom stereocenters. The van der Waals surface area contributed by atoms with E-state index in [9.17, 15) is 9.90 Å². The van der Waals surface area contributed by atoms with E-state index in [0.29, 0.717) is 11.4 Å². The molecule has 30 heavy (non-hydrogen) atoms. The summed E-state index contributed by atoms with van der Waals surface area (Å²) in [6.07, 6.45) is 3.92. The molecule has 0 aliphatic carbocycles. The van der Waals surface area contributed by atoms with Crippen molar-refractivity contribution in [1.29, 1.82) is 0 Å². The van der Waals surface area contributed by atoms with Crippen LogP contribution in [-0.4, -0.2) is 11.1 Å². The number of carbonyl (C=O) groups is 1. The second-order valence-electron chi connectivity index (χ2n) is 7.59. The summed E-state index contributed by atoms with van der Waals surface area (Å²) in [5.41, 5.74) is 1.67. The van der Waals surface area contributed by atoms with E-state index in [2.05, 4.69) is 0 Å². The van der Waals surface area contributed by atoms with E-state index in [1.165, 1.54) is 0 Å². The third-order valence-corrected chi connectivity index (χ3v) is 5.65. The fourth-order valence-corrected chi connectivity index (χ4v) is 3.72. The third kappa shape index (κ3) is 4.92. The van der Waals surface area contributed by atoms with Crippen LogP contribution in [0.5, 0.6) is 5.75 Å². The van der Waals surface area contributed by atoms with Gasteiger partial charge in [0.1, 0.15) is 5.75 Å². The lowest BCUT2D eigenvalue weighted by atomic mass is 9.68. The first-order valence-corrected chi connectivity index (χ1v) is 10.3. The molecule has 0 saturated heterocycles. The van der Waals surface area contributed by atoms with Crippen molar-refractivity contribution in [3.63, 3.8) is 0 Å². The quantitative estimate of drug-likeness (QED) is 0.417. The van der Waals surface area contributed by atoms with Crippen LogP contribution in [0.1, 0.15) is 30.5 Å². The molecule has 3 aromatic carbocycles. The van der Waals surface area contributed by atoms with E-state index < -0.39 is 11.4 Å². The van der Waals surface area contributed by atoms with Crippen molar-refractivity contribution in [2.24, 2.45) is 5.92 Å². The number of hydrogen-bond donors (Lipinski definition) is 1. The summed E-state index contributed by atoms with van der Waals surface area (Å²) in [7, 11) is 0. The first-order valence-electron chi connectivity index (χ1n) is 9.88. The number of para-hydroxylation sites is 1. The van der Waals surface area contributed by atoms with Gasteiger partial charge < -0.3 is 9.84 Å². The standard InChI is InChI=1S/C26H25ClO3/c1-19(2)26(25(28)29,22-12-14-23(27)15-13-22)18-21-10-8-20(9-11-21)16-17-30-24-6-4-3-5-7-24/h3-17,19H,18H2,1-2H3,(H,28,29)/b17-16+. The Balaban J connectivity index is 1.80. The second kappa shape index (κ2) is 9.64. The van der Waals surface area contributed by atoms with E-state index in [0.717, 1.165) is 22.4 Å². The van der Waals surface area contributed by atoms with Crippen LogP contribution in [0.25, 0.3) is 6.08 Å². The van der Waals surface area contributed by atoms with Gasteiger partial charge in [-0.1, -0.05) is 80.0 Å². The van der Waals surface area contributed by atoms with Gasteiger partial charge in [-0.15, -0.1) is 0 Å².